The molecule has 0 aliphatic carbocycles. The summed E-state index contributed by atoms with van der Waals surface area (Å²) in [5.41, 5.74) is 0.166. The van der Waals surface area contributed by atoms with E-state index in [4.69, 9.17) is 0 Å². The molecule has 6 heteroatoms. The van der Waals surface area contributed by atoms with E-state index in [1.807, 2.05) is 6.92 Å². The first kappa shape index (κ1) is 14.6. The lowest BCUT2D eigenvalue weighted by Gasteiger charge is -2.26. The molecule has 0 saturated heterocycles. The lowest BCUT2D eigenvalue weighted by atomic mass is 9.80. The van der Waals surface area contributed by atoms with Crippen LogP contribution in [0.15, 0.2) is 9.59 Å². The molecule has 0 fully saturated rings. The number of fused-ring (bicyclic) bond motifs is 1. The van der Waals surface area contributed by atoms with Crippen LogP contribution in [0.5, 0.6) is 0 Å². The Balaban J connectivity index is 2.52. The average Bonchev–Trinajstić information content (AvgIpc) is 2.72. The van der Waals surface area contributed by atoms with Gasteiger partial charge >= 0.3 is 5.69 Å². The van der Waals surface area contributed by atoms with Crippen molar-refractivity contribution in [3.05, 3.63) is 26.7 Å². The zero-order valence-electron chi connectivity index (χ0n) is 12.7. The Labute approximate surface area is 117 Å². The highest BCUT2D eigenvalue weighted by Crippen LogP contribution is 2.27. The van der Waals surface area contributed by atoms with Gasteiger partial charge in [0, 0.05) is 13.0 Å². The van der Waals surface area contributed by atoms with Gasteiger partial charge in [0.15, 0.2) is 5.65 Å². The molecular weight excluding hydrogens is 256 g/mol. The minimum atomic E-state index is -0.410. The predicted octanol–water partition coefficient (Wildman–Crippen LogP) is 1.66. The summed E-state index contributed by atoms with van der Waals surface area (Å²) < 4.78 is 1.47. The summed E-state index contributed by atoms with van der Waals surface area (Å²) in [7, 11) is 0. The van der Waals surface area contributed by atoms with E-state index >= 15 is 0 Å². The monoisotopic (exact) mass is 278 g/mol. The predicted molar refractivity (Wildman–Crippen MR) is 79.0 cm³/mol. The van der Waals surface area contributed by atoms with Crippen molar-refractivity contribution in [2.45, 2.75) is 47.6 Å². The maximum Gasteiger partial charge on any atom is 0.330 e. The van der Waals surface area contributed by atoms with E-state index in [0.717, 1.165) is 12.2 Å². The molecule has 2 N–H and O–H groups in total. The molecule has 0 spiro atoms. The van der Waals surface area contributed by atoms with Gasteiger partial charge in [0.25, 0.3) is 5.56 Å². The first-order chi connectivity index (χ1) is 9.24. The van der Waals surface area contributed by atoms with Gasteiger partial charge in [-0.05, 0) is 18.3 Å². The second-order valence-corrected chi connectivity index (χ2v) is 6.36. The van der Waals surface area contributed by atoms with E-state index in [2.05, 4.69) is 42.6 Å². The normalized spacial score (nSPS) is 13.8. The van der Waals surface area contributed by atoms with Crippen molar-refractivity contribution >= 4 is 11.2 Å². The van der Waals surface area contributed by atoms with Crippen LogP contribution in [0.2, 0.25) is 0 Å². The summed E-state index contributed by atoms with van der Waals surface area (Å²) in [5.74, 6) is 1.16. The van der Waals surface area contributed by atoms with Gasteiger partial charge in [0.05, 0.1) is 0 Å². The molecule has 0 saturated carbocycles. The second-order valence-electron chi connectivity index (χ2n) is 6.36. The lowest BCUT2D eigenvalue weighted by Crippen LogP contribution is -2.29. The number of nitrogens with zero attached hydrogens (tertiary/aromatic N) is 2. The molecule has 2 heterocycles. The van der Waals surface area contributed by atoms with Gasteiger partial charge in [0.2, 0.25) is 0 Å². The number of aromatic nitrogens is 4. The molecule has 0 aliphatic rings. The van der Waals surface area contributed by atoms with Gasteiger partial charge in [0.1, 0.15) is 11.3 Å². The maximum absolute atomic E-state index is 11.8. The SMILES string of the molecule is CCn1c(=O)[nH]c(=O)c2[nH]c(CC(C)C(C)(C)C)nc21. The van der Waals surface area contributed by atoms with Crippen LogP contribution < -0.4 is 11.2 Å². The molecule has 0 bridgehead atoms. The fraction of sp³-hybridized carbons (Fsp3) is 0.643. The number of nitrogens with one attached hydrogen (secondary N) is 2. The molecule has 6 nitrogen and oxygen atoms in total. The zero-order chi connectivity index (χ0) is 15.1. The topological polar surface area (TPSA) is 83.5 Å². The molecule has 2 rings (SSSR count). The van der Waals surface area contributed by atoms with Gasteiger partial charge < -0.3 is 4.98 Å². The molecule has 2 aromatic rings. The van der Waals surface area contributed by atoms with Crippen LogP contribution in [0.3, 0.4) is 0 Å². The fourth-order valence-corrected chi connectivity index (χ4v) is 2.08. The first-order valence-electron chi connectivity index (χ1n) is 6.95. The van der Waals surface area contributed by atoms with E-state index < -0.39 is 11.2 Å². The Hall–Kier alpha value is -1.85. The van der Waals surface area contributed by atoms with Crippen molar-refractivity contribution in [1.82, 2.24) is 19.5 Å². The smallest absolute Gasteiger partial charge is 0.330 e. The van der Waals surface area contributed by atoms with Gasteiger partial charge in [-0.1, -0.05) is 27.7 Å². The standard InChI is InChI=1S/C14H22N4O2/c1-6-18-11-10(12(19)17-13(18)20)15-9(16-11)7-8(2)14(3,4)5/h8H,6-7H2,1-5H3,(H,15,16)(H,17,19,20). The summed E-state index contributed by atoms with van der Waals surface area (Å²) in [6.07, 6.45) is 0.746. The van der Waals surface area contributed by atoms with E-state index in [9.17, 15) is 9.59 Å². The van der Waals surface area contributed by atoms with E-state index in [1.165, 1.54) is 4.57 Å². The maximum atomic E-state index is 11.8. The molecule has 20 heavy (non-hydrogen) atoms. The molecule has 2 aromatic heterocycles. The molecule has 1 unspecified atom stereocenters. The molecular formula is C14H22N4O2. The number of rotatable bonds is 3. The largest absolute Gasteiger partial charge is 0.336 e. The van der Waals surface area contributed by atoms with Crippen LogP contribution >= 0.6 is 0 Å². The minimum absolute atomic E-state index is 0.163. The Morgan fingerprint density at radius 3 is 2.45 bits per heavy atom. The number of aryl methyl sites for hydroxylation is 1. The quantitative estimate of drug-likeness (QED) is 0.895. The molecule has 1 atom stereocenters. The van der Waals surface area contributed by atoms with Gasteiger partial charge in [-0.3, -0.25) is 14.3 Å². The Morgan fingerprint density at radius 1 is 1.25 bits per heavy atom. The third kappa shape index (κ3) is 2.55. The highest BCUT2D eigenvalue weighted by molar-refractivity contribution is 5.69. The molecule has 0 aliphatic heterocycles. The van der Waals surface area contributed by atoms with E-state index in [1.54, 1.807) is 0 Å². The third-order valence-corrected chi connectivity index (χ3v) is 3.98. The molecule has 0 amide bonds. The van der Waals surface area contributed by atoms with Gasteiger partial charge in [-0.2, -0.15) is 0 Å². The van der Waals surface area contributed by atoms with Crippen LogP contribution in [-0.2, 0) is 13.0 Å². The number of hydrogen-bond donors (Lipinski definition) is 2. The van der Waals surface area contributed by atoms with Crippen molar-refractivity contribution in [2.75, 3.05) is 0 Å². The lowest BCUT2D eigenvalue weighted by molar-refractivity contribution is 0.257. The van der Waals surface area contributed by atoms with Crippen molar-refractivity contribution < 1.29 is 0 Å². The van der Waals surface area contributed by atoms with Crippen LogP contribution in [0, 0.1) is 11.3 Å². The zero-order valence-corrected chi connectivity index (χ0v) is 12.7. The summed E-state index contributed by atoms with van der Waals surface area (Å²) in [6.45, 7) is 11.0. The van der Waals surface area contributed by atoms with Gasteiger partial charge in [-0.15, -0.1) is 0 Å². The van der Waals surface area contributed by atoms with E-state index in [-0.39, 0.29) is 5.41 Å². The summed E-state index contributed by atoms with van der Waals surface area (Å²) >= 11 is 0. The summed E-state index contributed by atoms with van der Waals surface area (Å²) in [4.78, 5) is 33.4. The molecule has 0 radical (unpaired) electrons. The first-order valence-corrected chi connectivity index (χ1v) is 6.95. The fourth-order valence-electron chi connectivity index (χ4n) is 2.08. The summed E-state index contributed by atoms with van der Waals surface area (Å²) in [6, 6.07) is 0. The second kappa shape index (κ2) is 4.92. The highest BCUT2D eigenvalue weighted by atomic mass is 16.2. The van der Waals surface area contributed by atoms with Crippen molar-refractivity contribution in [3.8, 4) is 0 Å². The Kier molecular flexibility index (Phi) is 3.58. The number of H-pyrrole nitrogens is 2. The number of hydrogen-bond acceptors (Lipinski definition) is 3. The van der Waals surface area contributed by atoms with Crippen molar-refractivity contribution in [2.24, 2.45) is 11.3 Å². The molecule has 110 valence electrons. The minimum Gasteiger partial charge on any atom is -0.336 e. The Morgan fingerprint density at radius 2 is 1.90 bits per heavy atom. The van der Waals surface area contributed by atoms with Crippen molar-refractivity contribution in [1.29, 1.82) is 0 Å². The highest BCUT2D eigenvalue weighted by Gasteiger charge is 2.22. The van der Waals surface area contributed by atoms with Crippen LogP contribution in [-0.4, -0.2) is 19.5 Å². The summed E-state index contributed by atoms with van der Waals surface area (Å²) in [5, 5.41) is 0. The van der Waals surface area contributed by atoms with Crippen LogP contribution in [0.25, 0.3) is 11.2 Å². The van der Waals surface area contributed by atoms with Crippen LogP contribution in [0.4, 0.5) is 0 Å². The third-order valence-electron chi connectivity index (χ3n) is 3.98. The van der Waals surface area contributed by atoms with Crippen molar-refractivity contribution in [3.63, 3.8) is 0 Å². The average molecular weight is 278 g/mol. The number of aromatic amines is 2. The van der Waals surface area contributed by atoms with E-state index in [0.29, 0.717) is 23.6 Å². The molecule has 0 aromatic carbocycles. The number of imidazole rings is 1. The van der Waals surface area contributed by atoms with Gasteiger partial charge in [-0.25, -0.2) is 9.78 Å². The Bertz CT molecular complexity index is 730. The van der Waals surface area contributed by atoms with Crippen LogP contribution in [0.1, 0.15) is 40.4 Å².